The number of hydrogen-bond donors (Lipinski definition) is 0. The molecule has 0 aliphatic carbocycles. The van der Waals surface area contributed by atoms with E-state index < -0.39 is 4.84 Å². The second-order valence-corrected chi connectivity index (χ2v) is 3.41. The van der Waals surface area contributed by atoms with Crippen LogP contribution in [0.3, 0.4) is 0 Å². The molecule has 0 fully saturated rings. The van der Waals surface area contributed by atoms with E-state index in [0.29, 0.717) is 5.56 Å². The summed E-state index contributed by atoms with van der Waals surface area (Å²) in [5.41, 5.74) is 1.29. The Morgan fingerprint density at radius 3 is 2.45 bits per heavy atom. The average Bonchev–Trinajstić information content (AvgIpc) is 1.94. The molecule has 0 heterocycles. The van der Waals surface area contributed by atoms with Gasteiger partial charge in [0, 0.05) is 0 Å². The smallest absolute Gasteiger partial charge is 0.132 e. The summed E-state index contributed by atoms with van der Waals surface area (Å²) in [6.07, 6.45) is 0. The van der Waals surface area contributed by atoms with E-state index in [0.717, 1.165) is 5.56 Å². The van der Waals surface area contributed by atoms with E-state index in [1.54, 1.807) is 19.1 Å². The van der Waals surface area contributed by atoms with Gasteiger partial charge in [-0.15, -0.1) is 23.2 Å². The topological polar surface area (TPSA) is 0 Å². The van der Waals surface area contributed by atoms with Crippen molar-refractivity contribution in [2.75, 3.05) is 0 Å². The fourth-order valence-electron chi connectivity index (χ4n) is 0.804. The first-order chi connectivity index (χ1) is 5.11. The summed E-state index contributed by atoms with van der Waals surface area (Å²) in [4.78, 5) is -0.575. The van der Waals surface area contributed by atoms with E-state index in [2.05, 4.69) is 0 Å². The van der Waals surface area contributed by atoms with E-state index >= 15 is 0 Å². The van der Waals surface area contributed by atoms with Gasteiger partial charge >= 0.3 is 0 Å². The molecule has 1 rings (SSSR count). The predicted octanol–water partition coefficient (Wildman–Crippen LogP) is 3.61. The first-order valence-corrected chi connectivity index (χ1v) is 4.02. The molecule has 0 saturated heterocycles. The molecule has 0 spiro atoms. The van der Waals surface area contributed by atoms with Crippen molar-refractivity contribution in [3.05, 3.63) is 35.1 Å². The number of halogens is 3. The van der Waals surface area contributed by atoms with Gasteiger partial charge in [-0.1, -0.05) is 12.1 Å². The minimum Gasteiger partial charge on any atom is -0.207 e. The number of hydrogen-bond acceptors (Lipinski definition) is 0. The summed E-state index contributed by atoms with van der Waals surface area (Å²) in [6.45, 7) is 1.68. The third kappa shape index (κ3) is 2.08. The molecular weight excluding hydrogens is 186 g/mol. The standard InChI is InChI=1S/C8H7Cl2F/c1-5-4-6(8(9)10)2-3-7(5)11/h2-4,8H,1H3. The molecular formula is C8H7Cl2F. The van der Waals surface area contributed by atoms with Crippen LogP contribution in [0.15, 0.2) is 18.2 Å². The molecule has 0 radical (unpaired) electrons. The second-order valence-electron chi connectivity index (χ2n) is 2.31. The van der Waals surface area contributed by atoms with Gasteiger partial charge in [-0.3, -0.25) is 0 Å². The molecule has 0 bridgehead atoms. The highest BCUT2D eigenvalue weighted by molar-refractivity contribution is 6.44. The van der Waals surface area contributed by atoms with Gasteiger partial charge in [-0.05, 0) is 24.1 Å². The number of rotatable bonds is 1. The van der Waals surface area contributed by atoms with Crippen molar-refractivity contribution >= 4 is 23.2 Å². The van der Waals surface area contributed by atoms with Crippen LogP contribution in [-0.2, 0) is 0 Å². The zero-order chi connectivity index (χ0) is 8.43. The van der Waals surface area contributed by atoms with Gasteiger partial charge in [0.25, 0.3) is 0 Å². The third-order valence-corrected chi connectivity index (χ3v) is 1.94. The molecule has 1 aromatic rings. The number of benzene rings is 1. The Kier molecular flexibility index (Phi) is 2.74. The van der Waals surface area contributed by atoms with Crippen molar-refractivity contribution in [2.45, 2.75) is 11.8 Å². The van der Waals surface area contributed by atoms with E-state index in [4.69, 9.17) is 23.2 Å². The maximum Gasteiger partial charge on any atom is 0.132 e. The molecule has 3 heteroatoms. The van der Waals surface area contributed by atoms with Crippen LogP contribution < -0.4 is 0 Å². The van der Waals surface area contributed by atoms with Crippen molar-refractivity contribution in [2.24, 2.45) is 0 Å². The normalized spacial score (nSPS) is 10.6. The average molecular weight is 193 g/mol. The third-order valence-electron chi connectivity index (χ3n) is 1.43. The largest absolute Gasteiger partial charge is 0.207 e. The zero-order valence-electron chi connectivity index (χ0n) is 5.94. The summed E-state index contributed by atoms with van der Waals surface area (Å²) in [6, 6.07) is 4.58. The highest BCUT2D eigenvalue weighted by Crippen LogP contribution is 2.25. The summed E-state index contributed by atoms with van der Waals surface area (Å²) in [7, 11) is 0. The molecule has 0 aliphatic rings. The van der Waals surface area contributed by atoms with Crippen LogP contribution in [0.4, 0.5) is 4.39 Å². The van der Waals surface area contributed by atoms with Crippen LogP contribution in [0.2, 0.25) is 0 Å². The Labute approximate surface area is 74.9 Å². The molecule has 1 aromatic carbocycles. The maximum absolute atomic E-state index is 12.7. The lowest BCUT2D eigenvalue weighted by atomic mass is 10.1. The summed E-state index contributed by atoms with van der Waals surface area (Å²) in [5, 5.41) is 0. The van der Waals surface area contributed by atoms with Gasteiger partial charge in [0.05, 0.1) is 0 Å². The molecule has 60 valence electrons. The van der Waals surface area contributed by atoms with Gasteiger partial charge < -0.3 is 0 Å². The maximum atomic E-state index is 12.7. The van der Waals surface area contributed by atoms with Crippen molar-refractivity contribution in [3.63, 3.8) is 0 Å². The van der Waals surface area contributed by atoms with E-state index in [1.807, 2.05) is 0 Å². The Morgan fingerprint density at radius 1 is 1.36 bits per heavy atom. The quantitative estimate of drug-likeness (QED) is 0.597. The fraction of sp³-hybridized carbons (Fsp3) is 0.250. The first-order valence-electron chi connectivity index (χ1n) is 3.15. The van der Waals surface area contributed by atoms with Crippen molar-refractivity contribution in [1.29, 1.82) is 0 Å². The predicted molar refractivity (Wildman–Crippen MR) is 45.6 cm³/mol. The molecule has 0 atom stereocenters. The molecule has 0 aromatic heterocycles. The van der Waals surface area contributed by atoms with Gasteiger partial charge in [-0.2, -0.15) is 0 Å². The SMILES string of the molecule is Cc1cc(C(Cl)Cl)ccc1F. The van der Waals surface area contributed by atoms with Crippen LogP contribution in [0, 0.1) is 12.7 Å². The van der Waals surface area contributed by atoms with Crippen LogP contribution in [0.1, 0.15) is 16.0 Å². The zero-order valence-corrected chi connectivity index (χ0v) is 7.46. The van der Waals surface area contributed by atoms with Crippen molar-refractivity contribution < 1.29 is 4.39 Å². The van der Waals surface area contributed by atoms with Gasteiger partial charge in [-0.25, -0.2) is 4.39 Å². The first kappa shape index (κ1) is 8.82. The van der Waals surface area contributed by atoms with Crippen molar-refractivity contribution in [1.82, 2.24) is 0 Å². The van der Waals surface area contributed by atoms with Gasteiger partial charge in [0.2, 0.25) is 0 Å². The monoisotopic (exact) mass is 192 g/mol. The Balaban J connectivity index is 3.05. The Bertz CT molecular complexity index is 258. The molecule has 0 saturated carbocycles. The highest BCUT2D eigenvalue weighted by atomic mass is 35.5. The molecule has 0 unspecified atom stereocenters. The lowest BCUT2D eigenvalue weighted by Crippen LogP contribution is -1.86. The van der Waals surface area contributed by atoms with E-state index in [-0.39, 0.29) is 5.82 Å². The molecule has 11 heavy (non-hydrogen) atoms. The summed E-state index contributed by atoms with van der Waals surface area (Å²) >= 11 is 11.1. The lowest BCUT2D eigenvalue weighted by Gasteiger charge is -2.02. The fourth-order valence-corrected chi connectivity index (χ4v) is 1.08. The van der Waals surface area contributed by atoms with E-state index in [9.17, 15) is 4.39 Å². The van der Waals surface area contributed by atoms with Gasteiger partial charge in [0.1, 0.15) is 10.7 Å². The summed E-state index contributed by atoms with van der Waals surface area (Å²) in [5.74, 6) is -0.234. The molecule has 0 nitrogen and oxygen atoms in total. The van der Waals surface area contributed by atoms with E-state index in [1.165, 1.54) is 6.07 Å². The molecule has 0 N–H and O–H groups in total. The number of aryl methyl sites for hydroxylation is 1. The molecule has 0 aliphatic heterocycles. The van der Waals surface area contributed by atoms with Crippen LogP contribution in [-0.4, -0.2) is 0 Å². The van der Waals surface area contributed by atoms with Crippen molar-refractivity contribution in [3.8, 4) is 0 Å². The van der Waals surface area contributed by atoms with Crippen LogP contribution >= 0.6 is 23.2 Å². The van der Waals surface area contributed by atoms with Gasteiger partial charge in [0.15, 0.2) is 0 Å². The number of alkyl halides is 2. The van der Waals surface area contributed by atoms with Crippen LogP contribution in [0.5, 0.6) is 0 Å². The highest BCUT2D eigenvalue weighted by Gasteiger charge is 2.04. The lowest BCUT2D eigenvalue weighted by molar-refractivity contribution is 0.618. The van der Waals surface area contributed by atoms with Crippen LogP contribution in [0.25, 0.3) is 0 Å². The summed E-state index contributed by atoms with van der Waals surface area (Å²) < 4.78 is 12.7. The Hall–Kier alpha value is -0.270. The minimum absolute atomic E-state index is 0.234. The molecule has 0 amide bonds. The Morgan fingerprint density at radius 2 is 2.00 bits per heavy atom. The minimum atomic E-state index is -0.575. The second kappa shape index (κ2) is 3.42.